The van der Waals surface area contributed by atoms with E-state index in [1.165, 1.54) is 12.1 Å². The Hall–Kier alpha value is -1.70. The summed E-state index contributed by atoms with van der Waals surface area (Å²) in [6.07, 6.45) is 9.13. The average molecular weight is 473 g/mol. The molecule has 0 aromatic carbocycles. The van der Waals surface area contributed by atoms with Gasteiger partial charge in [-0.2, -0.15) is 0 Å². The minimum Gasteiger partial charge on any atom is -0.391 e. The summed E-state index contributed by atoms with van der Waals surface area (Å²) < 4.78 is 0. The lowest BCUT2D eigenvalue weighted by Crippen LogP contribution is -2.52. The molecule has 182 valence electrons. The van der Waals surface area contributed by atoms with Crippen LogP contribution in [0.4, 0.5) is 5.13 Å². The Kier molecular flexibility index (Phi) is 6.78. The Bertz CT molecular complexity index is 938. The molecule has 4 N–H and O–H groups in total. The van der Waals surface area contributed by atoms with Crippen LogP contribution in [0.15, 0.2) is 28.7 Å². The van der Waals surface area contributed by atoms with Gasteiger partial charge in [0.2, 0.25) is 5.91 Å². The van der Waals surface area contributed by atoms with E-state index in [9.17, 15) is 9.90 Å². The van der Waals surface area contributed by atoms with Gasteiger partial charge in [0.25, 0.3) is 0 Å². The van der Waals surface area contributed by atoms with E-state index in [0.29, 0.717) is 5.92 Å². The van der Waals surface area contributed by atoms with Crippen molar-refractivity contribution in [1.82, 2.24) is 10.3 Å². The Morgan fingerprint density at radius 3 is 2.45 bits per heavy atom. The molecule has 6 nitrogen and oxygen atoms in total. The lowest BCUT2D eigenvalue weighted by molar-refractivity contribution is -0.125. The molecule has 2 heterocycles. The number of anilines is 1. The number of carbonyl (C=O) groups is 1. The zero-order valence-corrected chi connectivity index (χ0v) is 21.5. The molecule has 1 aliphatic heterocycles. The first-order valence-electron chi connectivity index (χ1n) is 12.4. The summed E-state index contributed by atoms with van der Waals surface area (Å²) in [5.74, 6) is 0.226. The minimum absolute atomic E-state index is 0.103. The standard InChI is InChI=1S/C26H40N4O2S/c1-16(31)22(27)23(32)28-18-8-12-30(13-9-18)24-29-21(15-33-24)17-6-7-19-20(14-17)26(4,5)11-10-25(19,2)3/h10-11,15-18,22,31H,6-9,12-14,27H2,1-5H3,(H,28,32)/t16-,17?,22+/m1/s1. The van der Waals surface area contributed by atoms with Crippen LogP contribution in [0.5, 0.6) is 0 Å². The lowest BCUT2D eigenvalue weighted by Gasteiger charge is -2.43. The van der Waals surface area contributed by atoms with Crippen molar-refractivity contribution in [3.8, 4) is 0 Å². The van der Waals surface area contributed by atoms with E-state index in [0.717, 1.165) is 43.9 Å². The third-order valence-electron chi connectivity index (χ3n) is 7.89. The van der Waals surface area contributed by atoms with E-state index in [4.69, 9.17) is 10.7 Å². The van der Waals surface area contributed by atoms with Crippen molar-refractivity contribution in [2.75, 3.05) is 18.0 Å². The molecule has 0 bridgehead atoms. The first kappa shape index (κ1) is 24.4. The van der Waals surface area contributed by atoms with Crippen LogP contribution in [-0.4, -0.2) is 47.3 Å². The first-order chi connectivity index (χ1) is 15.5. The monoisotopic (exact) mass is 472 g/mol. The van der Waals surface area contributed by atoms with Gasteiger partial charge in [-0.05, 0) is 39.0 Å². The maximum atomic E-state index is 12.1. The van der Waals surface area contributed by atoms with Crippen molar-refractivity contribution < 1.29 is 9.90 Å². The van der Waals surface area contributed by atoms with Gasteiger partial charge in [-0.1, -0.05) is 51.0 Å². The third kappa shape index (κ3) is 5.05. The van der Waals surface area contributed by atoms with E-state index in [2.05, 4.69) is 55.4 Å². The fraction of sp³-hybridized carbons (Fsp3) is 0.692. The summed E-state index contributed by atoms with van der Waals surface area (Å²) in [6, 6.07) is -0.766. The highest BCUT2D eigenvalue weighted by molar-refractivity contribution is 7.13. The van der Waals surface area contributed by atoms with Gasteiger partial charge >= 0.3 is 0 Å². The number of allylic oxidation sites excluding steroid dienone is 4. The smallest absolute Gasteiger partial charge is 0.239 e. The molecule has 1 aromatic rings. The van der Waals surface area contributed by atoms with Gasteiger partial charge < -0.3 is 21.1 Å². The fourth-order valence-electron chi connectivity index (χ4n) is 5.51. The molecule has 7 heteroatoms. The van der Waals surface area contributed by atoms with Crippen LogP contribution in [-0.2, 0) is 4.79 Å². The van der Waals surface area contributed by atoms with Gasteiger partial charge in [0.1, 0.15) is 6.04 Å². The predicted molar refractivity (Wildman–Crippen MR) is 135 cm³/mol. The molecule has 1 saturated heterocycles. The van der Waals surface area contributed by atoms with Crippen molar-refractivity contribution in [3.63, 3.8) is 0 Å². The maximum Gasteiger partial charge on any atom is 0.239 e. The number of carbonyl (C=O) groups excluding carboxylic acids is 1. The second-order valence-electron chi connectivity index (χ2n) is 11.3. The van der Waals surface area contributed by atoms with Crippen molar-refractivity contribution in [1.29, 1.82) is 0 Å². The normalized spacial score (nSPS) is 26.6. The number of hydrogen-bond donors (Lipinski definition) is 3. The quantitative estimate of drug-likeness (QED) is 0.561. The predicted octanol–water partition coefficient (Wildman–Crippen LogP) is 4.12. The van der Waals surface area contributed by atoms with E-state index in [-0.39, 0.29) is 22.8 Å². The highest BCUT2D eigenvalue weighted by Crippen LogP contribution is 2.53. The summed E-state index contributed by atoms with van der Waals surface area (Å²) >= 11 is 1.75. The highest BCUT2D eigenvalue weighted by atomic mass is 32.1. The highest BCUT2D eigenvalue weighted by Gasteiger charge is 2.39. The topological polar surface area (TPSA) is 91.5 Å². The molecular formula is C26H40N4O2S. The number of aromatic nitrogens is 1. The number of thiazole rings is 1. The number of piperidine rings is 1. The molecule has 1 amide bonds. The van der Waals surface area contributed by atoms with E-state index < -0.39 is 12.1 Å². The molecule has 4 rings (SSSR count). The number of rotatable bonds is 5. The lowest BCUT2D eigenvalue weighted by atomic mass is 9.61. The van der Waals surface area contributed by atoms with Crippen LogP contribution in [0.25, 0.3) is 0 Å². The Balaban J connectivity index is 1.37. The molecule has 0 saturated carbocycles. The molecule has 0 spiro atoms. The van der Waals surface area contributed by atoms with Gasteiger partial charge in [0.15, 0.2) is 5.13 Å². The largest absolute Gasteiger partial charge is 0.391 e. The average Bonchev–Trinajstić information content (AvgIpc) is 3.27. The van der Waals surface area contributed by atoms with Gasteiger partial charge in [0, 0.05) is 41.3 Å². The molecule has 3 aliphatic rings. The maximum absolute atomic E-state index is 12.1. The number of nitrogens with one attached hydrogen (secondary N) is 1. The van der Waals surface area contributed by atoms with E-state index in [1.807, 2.05) is 0 Å². The molecule has 1 aromatic heterocycles. The van der Waals surface area contributed by atoms with Crippen LogP contribution >= 0.6 is 11.3 Å². The van der Waals surface area contributed by atoms with Gasteiger partial charge in [-0.3, -0.25) is 4.79 Å². The van der Waals surface area contributed by atoms with Crippen molar-refractivity contribution in [2.45, 2.75) is 90.8 Å². The number of nitrogens with two attached hydrogens (primary N) is 1. The van der Waals surface area contributed by atoms with Crippen LogP contribution in [0.3, 0.4) is 0 Å². The SMILES string of the molecule is C[C@@H](O)[C@H](N)C(=O)NC1CCN(c2nc(C3CCC4=C(C3)C(C)(C)C=CC4(C)C)cs2)CC1. The summed E-state index contributed by atoms with van der Waals surface area (Å²) in [7, 11) is 0. The summed E-state index contributed by atoms with van der Waals surface area (Å²) in [6.45, 7) is 12.7. The molecule has 0 radical (unpaired) electrons. The van der Waals surface area contributed by atoms with Gasteiger partial charge in [-0.15, -0.1) is 11.3 Å². The minimum atomic E-state index is -0.870. The zero-order chi connectivity index (χ0) is 24.0. The fourth-order valence-corrected chi connectivity index (χ4v) is 6.48. The van der Waals surface area contributed by atoms with Gasteiger partial charge in [-0.25, -0.2) is 4.98 Å². The zero-order valence-electron chi connectivity index (χ0n) is 20.7. The number of aliphatic hydroxyl groups excluding tert-OH is 1. The van der Waals surface area contributed by atoms with Crippen molar-refractivity contribution >= 4 is 22.4 Å². The van der Waals surface area contributed by atoms with E-state index in [1.54, 1.807) is 29.4 Å². The van der Waals surface area contributed by atoms with Gasteiger partial charge in [0.05, 0.1) is 11.8 Å². The van der Waals surface area contributed by atoms with Crippen LogP contribution in [0.1, 0.15) is 78.3 Å². The number of hydrogen-bond acceptors (Lipinski definition) is 6. The second-order valence-corrected chi connectivity index (χ2v) is 12.1. The molecule has 1 fully saturated rings. The van der Waals surface area contributed by atoms with Crippen molar-refractivity contribution in [2.24, 2.45) is 16.6 Å². The third-order valence-corrected chi connectivity index (χ3v) is 8.81. The Morgan fingerprint density at radius 2 is 1.82 bits per heavy atom. The first-order valence-corrected chi connectivity index (χ1v) is 13.2. The second kappa shape index (κ2) is 9.16. The molecular weight excluding hydrogens is 432 g/mol. The molecule has 2 aliphatic carbocycles. The van der Waals surface area contributed by atoms with E-state index >= 15 is 0 Å². The molecule has 3 atom stereocenters. The van der Waals surface area contributed by atoms with Crippen LogP contribution < -0.4 is 16.0 Å². The van der Waals surface area contributed by atoms with Crippen LogP contribution in [0, 0.1) is 10.8 Å². The molecule has 33 heavy (non-hydrogen) atoms. The number of amides is 1. The summed E-state index contributed by atoms with van der Waals surface area (Å²) in [5, 5.41) is 15.9. The number of aliphatic hydroxyl groups is 1. The Morgan fingerprint density at radius 1 is 1.18 bits per heavy atom. The number of nitrogens with zero attached hydrogens (tertiary/aromatic N) is 2. The summed E-state index contributed by atoms with van der Waals surface area (Å²) in [5.41, 5.74) is 10.5. The van der Waals surface area contributed by atoms with Crippen LogP contribution in [0.2, 0.25) is 0 Å². The summed E-state index contributed by atoms with van der Waals surface area (Å²) in [4.78, 5) is 19.6. The molecule has 1 unspecified atom stereocenters. The Labute approximate surface area is 202 Å². The van der Waals surface area contributed by atoms with Crippen molar-refractivity contribution in [3.05, 3.63) is 34.4 Å².